The van der Waals surface area contributed by atoms with E-state index in [1.807, 2.05) is 0 Å². The summed E-state index contributed by atoms with van der Waals surface area (Å²) in [4.78, 5) is 11.0. The second-order valence-corrected chi connectivity index (χ2v) is 6.23. The standard InChI is InChI=1S/C14H16ClN5O2/c1-8(9-3-4-9)13(14-16-17-18-19(14)2)11-6-5-10(15)7-12(11)20(21)22/h5-9,13H,3-4H2,1-2H3. The highest BCUT2D eigenvalue weighted by Gasteiger charge is 2.39. The van der Waals surface area contributed by atoms with E-state index in [1.165, 1.54) is 6.07 Å². The lowest BCUT2D eigenvalue weighted by atomic mass is 9.82. The van der Waals surface area contributed by atoms with E-state index in [0.717, 1.165) is 12.8 Å². The van der Waals surface area contributed by atoms with E-state index in [4.69, 9.17) is 11.6 Å². The first-order valence-electron chi connectivity index (χ1n) is 7.15. The minimum absolute atomic E-state index is 0.0213. The minimum Gasteiger partial charge on any atom is -0.258 e. The molecule has 2 unspecified atom stereocenters. The van der Waals surface area contributed by atoms with Crippen molar-refractivity contribution in [1.82, 2.24) is 20.2 Å². The Labute approximate surface area is 132 Å². The Morgan fingerprint density at radius 1 is 1.45 bits per heavy atom. The Bertz CT molecular complexity index is 713. The summed E-state index contributed by atoms with van der Waals surface area (Å²) in [6.07, 6.45) is 2.29. The molecule has 1 heterocycles. The first kappa shape index (κ1) is 14.9. The number of nitro benzene ring substituents is 1. The highest BCUT2D eigenvalue weighted by Crippen LogP contribution is 2.47. The van der Waals surface area contributed by atoms with E-state index in [9.17, 15) is 10.1 Å². The molecule has 1 fully saturated rings. The van der Waals surface area contributed by atoms with Crippen LogP contribution in [0, 0.1) is 22.0 Å². The second-order valence-electron chi connectivity index (χ2n) is 5.80. The molecular weight excluding hydrogens is 306 g/mol. The van der Waals surface area contributed by atoms with Gasteiger partial charge in [0.25, 0.3) is 5.69 Å². The minimum atomic E-state index is -0.391. The molecule has 1 aromatic heterocycles. The van der Waals surface area contributed by atoms with E-state index in [-0.39, 0.29) is 17.5 Å². The number of hydrogen-bond donors (Lipinski definition) is 0. The van der Waals surface area contributed by atoms with Gasteiger partial charge in [0.15, 0.2) is 5.82 Å². The number of halogens is 1. The summed E-state index contributed by atoms with van der Waals surface area (Å²) in [5.41, 5.74) is 0.639. The Balaban J connectivity index is 2.14. The second kappa shape index (κ2) is 5.64. The van der Waals surface area contributed by atoms with Gasteiger partial charge in [-0.25, -0.2) is 4.68 Å². The topological polar surface area (TPSA) is 86.7 Å². The van der Waals surface area contributed by atoms with Gasteiger partial charge in [0.2, 0.25) is 0 Å². The summed E-state index contributed by atoms with van der Waals surface area (Å²) >= 11 is 5.93. The van der Waals surface area contributed by atoms with E-state index in [1.54, 1.807) is 23.9 Å². The smallest absolute Gasteiger partial charge is 0.258 e. The van der Waals surface area contributed by atoms with Crippen LogP contribution in [0.2, 0.25) is 5.02 Å². The van der Waals surface area contributed by atoms with Crippen LogP contribution in [0.25, 0.3) is 0 Å². The Kier molecular flexibility index (Phi) is 3.82. The average molecular weight is 322 g/mol. The third-order valence-corrected chi connectivity index (χ3v) is 4.58. The molecule has 7 nitrogen and oxygen atoms in total. The Morgan fingerprint density at radius 3 is 2.73 bits per heavy atom. The van der Waals surface area contributed by atoms with Gasteiger partial charge < -0.3 is 0 Å². The Morgan fingerprint density at radius 2 is 2.18 bits per heavy atom. The predicted molar refractivity (Wildman–Crippen MR) is 80.6 cm³/mol. The van der Waals surface area contributed by atoms with Gasteiger partial charge in [0.1, 0.15) is 0 Å². The van der Waals surface area contributed by atoms with Gasteiger partial charge >= 0.3 is 0 Å². The first-order chi connectivity index (χ1) is 10.5. The maximum Gasteiger partial charge on any atom is 0.274 e. The third-order valence-electron chi connectivity index (χ3n) is 4.35. The fourth-order valence-electron chi connectivity index (χ4n) is 2.99. The van der Waals surface area contributed by atoms with Gasteiger partial charge in [-0.2, -0.15) is 0 Å². The molecule has 1 aromatic carbocycles. The van der Waals surface area contributed by atoms with Gasteiger partial charge in [0, 0.05) is 23.7 Å². The van der Waals surface area contributed by atoms with Crippen molar-refractivity contribution >= 4 is 17.3 Å². The fourth-order valence-corrected chi connectivity index (χ4v) is 3.16. The predicted octanol–water partition coefficient (Wildman–Crippen LogP) is 2.95. The monoisotopic (exact) mass is 321 g/mol. The lowest BCUT2D eigenvalue weighted by Gasteiger charge is -2.22. The molecule has 0 spiro atoms. The number of tetrazole rings is 1. The normalized spacial score (nSPS) is 17.2. The summed E-state index contributed by atoms with van der Waals surface area (Å²) in [6.45, 7) is 2.11. The van der Waals surface area contributed by atoms with Crippen molar-refractivity contribution in [2.24, 2.45) is 18.9 Å². The molecule has 0 amide bonds. The number of aryl methyl sites for hydroxylation is 1. The molecule has 22 heavy (non-hydrogen) atoms. The van der Waals surface area contributed by atoms with Crippen molar-refractivity contribution in [3.8, 4) is 0 Å². The van der Waals surface area contributed by atoms with Crippen LogP contribution >= 0.6 is 11.6 Å². The van der Waals surface area contributed by atoms with Crippen LogP contribution in [0.15, 0.2) is 18.2 Å². The van der Waals surface area contributed by atoms with Crippen LogP contribution in [0.3, 0.4) is 0 Å². The number of benzene rings is 1. The quantitative estimate of drug-likeness (QED) is 0.624. The molecule has 3 rings (SSSR count). The van der Waals surface area contributed by atoms with E-state index in [2.05, 4.69) is 22.4 Å². The molecular formula is C14H16ClN5O2. The number of nitro groups is 1. The maximum absolute atomic E-state index is 11.4. The van der Waals surface area contributed by atoms with Crippen LogP contribution in [0.1, 0.15) is 37.1 Å². The SMILES string of the molecule is CC(C1CC1)C(c1ccc(Cl)cc1[N+](=O)[O-])c1nnnn1C. The van der Waals surface area contributed by atoms with Crippen LogP contribution < -0.4 is 0 Å². The Hall–Kier alpha value is -2.02. The number of rotatable bonds is 5. The van der Waals surface area contributed by atoms with E-state index < -0.39 is 4.92 Å². The highest BCUT2D eigenvalue weighted by atomic mass is 35.5. The van der Waals surface area contributed by atoms with E-state index in [0.29, 0.717) is 22.3 Å². The van der Waals surface area contributed by atoms with Gasteiger partial charge in [-0.3, -0.25) is 10.1 Å². The molecule has 8 heteroatoms. The fraction of sp³-hybridized carbons (Fsp3) is 0.500. The number of aromatic nitrogens is 4. The van der Waals surface area contributed by atoms with Gasteiger partial charge in [-0.1, -0.05) is 18.5 Å². The molecule has 1 aliphatic rings. The summed E-state index contributed by atoms with van der Waals surface area (Å²) in [7, 11) is 1.75. The van der Waals surface area contributed by atoms with Crippen molar-refractivity contribution in [2.45, 2.75) is 25.7 Å². The molecule has 0 saturated heterocycles. The van der Waals surface area contributed by atoms with Crippen LogP contribution in [0.4, 0.5) is 5.69 Å². The zero-order valence-electron chi connectivity index (χ0n) is 12.3. The molecule has 1 aliphatic carbocycles. The number of hydrogen-bond acceptors (Lipinski definition) is 5. The lowest BCUT2D eigenvalue weighted by Crippen LogP contribution is -2.19. The first-order valence-corrected chi connectivity index (χ1v) is 7.53. The molecule has 1 saturated carbocycles. The van der Waals surface area contributed by atoms with E-state index >= 15 is 0 Å². The summed E-state index contributed by atoms with van der Waals surface area (Å²) in [5, 5.41) is 23.4. The zero-order valence-corrected chi connectivity index (χ0v) is 13.1. The molecule has 116 valence electrons. The lowest BCUT2D eigenvalue weighted by molar-refractivity contribution is -0.385. The van der Waals surface area contributed by atoms with Crippen molar-refractivity contribution in [2.75, 3.05) is 0 Å². The highest BCUT2D eigenvalue weighted by molar-refractivity contribution is 6.30. The van der Waals surface area contributed by atoms with Gasteiger partial charge in [-0.15, -0.1) is 5.10 Å². The van der Waals surface area contributed by atoms with Gasteiger partial charge in [0.05, 0.1) is 10.8 Å². The molecule has 2 atom stereocenters. The van der Waals surface area contributed by atoms with Crippen LogP contribution in [0.5, 0.6) is 0 Å². The van der Waals surface area contributed by atoms with Crippen molar-refractivity contribution in [3.63, 3.8) is 0 Å². The van der Waals surface area contributed by atoms with Crippen LogP contribution in [-0.4, -0.2) is 25.1 Å². The van der Waals surface area contributed by atoms with Crippen LogP contribution in [-0.2, 0) is 7.05 Å². The average Bonchev–Trinajstić information content (AvgIpc) is 3.24. The summed E-state index contributed by atoms with van der Waals surface area (Å²) in [5.74, 6) is 1.21. The largest absolute Gasteiger partial charge is 0.274 e. The molecule has 0 radical (unpaired) electrons. The van der Waals surface area contributed by atoms with Crippen molar-refractivity contribution < 1.29 is 4.92 Å². The molecule has 2 aromatic rings. The van der Waals surface area contributed by atoms with Crippen molar-refractivity contribution in [1.29, 1.82) is 0 Å². The summed E-state index contributed by atoms with van der Waals surface area (Å²) in [6, 6.07) is 4.80. The van der Waals surface area contributed by atoms with Gasteiger partial charge in [-0.05, 0) is 47.2 Å². The third kappa shape index (κ3) is 2.68. The number of nitrogens with zero attached hydrogens (tertiary/aromatic N) is 5. The molecule has 0 N–H and O–H groups in total. The zero-order chi connectivity index (χ0) is 15.9. The molecule has 0 bridgehead atoms. The summed E-state index contributed by atoms with van der Waals surface area (Å²) < 4.78 is 1.59. The maximum atomic E-state index is 11.4. The van der Waals surface area contributed by atoms with Crippen molar-refractivity contribution in [3.05, 3.63) is 44.7 Å². The molecule has 0 aliphatic heterocycles.